The lowest BCUT2D eigenvalue weighted by Gasteiger charge is -2.27. The summed E-state index contributed by atoms with van der Waals surface area (Å²) in [6.07, 6.45) is 0. The fraction of sp³-hybridized carbons (Fsp3) is 0.200. The lowest BCUT2D eigenvalue weighted by molar-refractivity contribution is 0.310. The van der Waals surface area contributed by atoms with E-state index in [9.17, 15) is 17.2 Å². The summed E-state index contributed by atoms with van der Waals surface area (Å²) in [5, 5.41) is 0. The van der Waals surface area contributed by atoms with E-state index in [0.29, 0.717) is 18.9 Å². The maximum Gasteiger partial charge on any atom is 0.262 e. The van der Waals surface area contributed by atoms with Gasteiger partial charge in [0.25, 0.3) is 10.0 Å². The van der Waals surface area contributed by atoms with Crippen molar-refractivity contribution in [3.05, 3.63) is 48.0 Å². The van der Waals surface area contributed by atoms with E-state index < -0.39 is 27.3 Å². The molecule has 0 saturated heterocycles. The fourth-order valence-electron chi connectivity index (χ4n) is 2.28. The first-order valence-electron chi connectivity index (χ1n) is 6.83. The predicted molar refractivity (Wildman–Crippen MR) is 82.4 cm³/mol. The Balaban J connectivity index is 1.95. The van der Waals surface area contributed by atoms with Crippen molar-refractivity contribution >= 4 is 21.4 Å². The van der Waals surface area contributed by atoms with Crippen LogP contribution in [0.15, 0.2) is 41.3 Å². The number of likely N-dealkylation sites (N-methyl/N-ethyl adjacent to an activating group) is 1. The normalized spacial score (nSPS) is 14.1. The highest BCUT2D eigenvalue weighted by molar-refractivity contribution is 7.92. The molecule has 8 heteroatoms. The number of benzene rings is 2. The van der Waals surface area contributed by atoms with Crippen LogP contribution in [0.3, 0.4) is 0 Å². The minimum atomic E-state index is -4.06. The summed E-state index contributed by atoms with van der Waals surface area (Å²) in [5.41, 5.74) is 0.327. The van der Waals surface area contributed by atoms with Gasteiger partial charge in [0.1, 0.15) is 24.0 Å². The smallest absolute Gasteiger partial charge is 0.262 e. The van der Waals surface area contributed by atoms with Gasteiger partial charge in [-0.3, -0.25) is 4.72 Å². The SMILES string of the molecule is CN1CCOc2cc(S(=O)(=O)Nc3cc(F)ccc3F)ccc21. The van der Waals surface area contributed by atoms with Crippen LogP contribution in [0.5, 0.6) is 5.75 Å². The molecule has 1 N–H and O–H groups in total. The van der Waals surface area contributed by atoms with Crippen LogP contribution in [0.2, 0.25) is 0 Å². The number of rotatable bonds is 3. The second-order valence-electron chi connectivity index (χ2n) is 5.13. The van der Waals surface area contributed by atoms with Crippen molar-refractivity contribution in [3.8, 4) is 5.75 Å². The Morgan fingerprint density at radius 2 is 1.96 bits per heavy atom. The van der Waals surface area contributed by atoms with Gasteiger partial charge < -0.3 is 9.64 Å². The second-order valence-corrected chi connectivity index (χ2v) is 6.81. The topological polar surface area (TPSA) is 58.6 Å². The monoisotopic (exact) mass is 340 g/mol. The van der Waals surface area contributed by atoms with Crippen molar-refractivity contribution in [2.24, 2.45) is 0 Å². The fourth-order valence-corrected chi connectivity index (χ4v) is 3.36. The van der Waals surface area contributed by atoms with Crippen LogP contribution >= 0.6 is 0 Å². The molecule has 122 valence electrons. The first kappa shape index (κ1) is 15.5. The third-order valence-electron chi connectivity index (χ3n) is 3.51. The Kier molecular flexibility index (Phi) is 3.85. The van der Waals surface area contributed by atoms with Gasteiger partial charge in [-0.25, -0.2) is 17.2 Å². The van der Waals surface area contributed by atoms with E-state index in [2.05, 4.69) is 0 Å². The van der Waals surface area contributed by atoms with Gasteiger partial charge in [-0.1, -0.05) is 0 Å². The highest BCUT2D eigenvalue weighted by atomic mass is 32.2. The quantitative estimate of drug-likeness (QED) is 0.933. The van der Waals surface area contributed by atoms with Crippen LogP contribution in [0.1, 0.15) is 0 Å². The molecule has 0 spiro atoms. The number of sulfonamides is 1. The third kappa shape index (κ3) is 3.07. The summed E-state index contributed by atoms with van der Waals surface area (Å²) < 4.78 is 59.0. The number of ether oxygens (including phenoxy) is 1. The van der Waals surface area contributed by atoms with Gasteiger partial charge in [-0.05, 0) is 24.3 Å². The summed E-state index contributed by atoms with van der Waals surface area (Å²) in [5.74, 6) is -1.16. The molecule has 1 heterocycles. The zero-order chi connectivity index (χ0) is 16.6. The Bertz CT molecular complexity index is 856. The zero-order valence-electron chi connectivity index (χ0n) is 12.2. The van der Waals surface area contributed by atoms with Gasteiger partial charge in [0, 0.05) is 19.2 Å². The second kappa shape index (κ2) is 5.69. The van der Waals surface area contributed by atoms with Crippen LogP contribution in [0, 0.1) is 11.6 Å². The molecule has 0 aromatic heterocycles. The molecule has 0 fully saturated rings. The lowest BCUT2D eigenvalue weighted by atomic mass is 10.2. The number of nitrogens with one attached hydrogen (secondary N) is 1. The summed E-state index contributed by atoms with van der Waals surface area (Å²) in [7, 11) is -2.19. The number of fused-ring (bicyclic) bond motifs is 1. The number of hydrogen-bond acceptors (Lipinski definition) is 4. The predicted octanol–water partition coefficient (Wildman–Crippen LogP) is 2.59. The number of anilines is 2. The Morgan fingerprint density at radius 3 is 2.74 bits per heavy atom. The average Bonchev–Trinajstić information content (AvgIpc) is 2.50. The lowest BCUT2D eigenvalue weighted by Crippen LogP contribution is -2.29. The number of halogens is 2. The molecule has 0 atom stereocenters. The highest BCUT2D eigenvalue weighted by Gasteiger charge is 2.21. The van der Waals surface area contributed by atoms with Crippen LogP contribution < -0.4 is 14.4 Å². The minimum absolute atomic E-state index is 0.0878. The van der Waals surface area contributed by atoms with Gasteiger partial charge in [0.05, 0.1) is 22.8 Å². The molecule has 0 radical (unpaired) electrons. The van der Waals surface area contributed by atoms with Crippen LogP contribution in [-0.2, 0) is 10.0 Å². The molecule has 23 heavy (non-hydrogen) atoms. The van der Waals surface area contributed by atoms with E-state index in [1.165, 1.54) is 12.1 Å². The molecule has 3 rings (SSSR count). The summed E-state index contributed by atoms with van der Waals surface area (Å²) in [6, 6.07) is 6.93. The summed E-state index contributed by atoms with van der Waals surface area (Å²) in [4.78, 5) is 1.85. The van der Waals surface area contributed by atoms with E-state index in [1.807, 2.05) is 16.7 Å². The molecule has 0 aliphatic carbocycles. The first-order chi connectivity index (χ1) is 10.9. The van der Waals surface area contributed by atoms with Crippen LogP contribution in [0.25, 0.3) is 0 Å². The molecule has 0 amide bonds. The summed E-state index contributed by atoms with van der Waals surface area (Å²) in [6.45, 7) is 1.14. The largest absolute Gasteiger partial charge is 0.490 e. The Labute approximate surface area is 132 Å². The average molecular weight is 340 g/mol. The molecule has 5 nitrogen and oxygen atoms in total. The van der Waals surface area contributed by atoms with Crippen LogP contribution in [0.4, 0.5) is 20.2 Å². The van der Waals surface area contributed by atoms with Crippen molar-refractivity contribution in [3.63, 3.8) is 0 Å². The van der Waals surface area contributed by atoms with E-state index in [-0.39, 0.29) is 4.90 Å². The summed E-state index contributed by atoms with van der Waals surface area (Å²) >= 11 is 0. The third-order valence-corrected chi connectivity index (χ3v) is 4.87. The molecule has 0 bridgehead atoms. The Morgan fingerprint density at radius 1 is 1.17 bits per heavy atom. The first-order valence-corrected chi connectivity index (χ1v) is 8.31. The van der Waals surface area contributed by atoms with E-state index in [1.54, 1.807) is 6.07 Å². The van der Waals surface area contributed by atoms with Gasteiger partial charge in [0.15, 0.2) is 0 Å². The van der Waals surface area contributed by atoms with Gasteiger partial charge >= 0.3 is 0 Å². The molecule has 1 aliphatic heterocycles. The van der Waals surface area contributed by atoms with Crippen molar-refractivity contribution in [2.45, 2.75) is 4.90 Å². The standard InChI is InChI=1S/C15H14F2N2O3S/c1-19-6-7-22-15-9-11(3-5-14(15)19)23(20,21)18-13-8-10(16)2-4-12(13)17/h2-5,8-9,18H,6-7H2,1H3. The van der Waals surface area contributed by atoms with Crippen molar-refractivity contribution in [2.75, 3.05) is 29.8 Å². The van der Waals surface area contributed by atoms with Crippen molar-refractivity contribution in [1.82, 2.24) is 0 Å². The van der Waals surface area contributed by atoms with Gasteiger partial charge in [-0.2, -0.15) is 0 Å². The maximum absolute atomic E-state index is 13.6. The van der Waals surface area contributed by atoms with Crippen LogP contribution in [-0.4, -0.2) is 28.6 Å². The van der Waals surface area contributed by atoms with Crippen molar-refractivity contribution < 1.29 is 21.9 Å². The molecule has 0 saturated carbocycles. The zero-order valence-corrected chi connectivity index (χ0v) is 13.0. The van der Waals surface area contributed by atoms with E-state index in [0.717, 1.165) is 23.9 Å². The molecular formula is C15H14F2N2O3S. The number of hydrogen-bond donors (Lipinski definition) is 1. The van der Waals surface area contributed by atoms with E-state index >= 15 is 0 Å². The molecule has 2 aromatic carbocycles. The Hall–Kier alpha value is -2.35. The molecule has 2 aromatic rings. The minimum Gasteiger partial charge on any atom is -0.490 e. The number of nitrogens with zero attached hydrogens (tertiary/aromatic N) is 1. The highest BCUT2D eigenvalue weighted by Crippen LogP contribution is 2.33. The molecule has 0 unspecified atom stereocenters. The van der Waals surface area contributed by atoms with Crippen molar-refractivity contribution in [1.29, 1.82) is 0 Å². The molecule has 1 aliphatic rings. The molecular weight excluding hydrogens is 326 g/mol. The van der Waals surface area contributed by atoms with Gasteiger partial charge in [-0.15, -0.1) is 0 Å². The van der Waals surface area contributed by atoms with Gasteiger partial charge in [0.2, 0.25) is 0 Å². The van der Waals surface area contributed by atoms with E-state index in [4.69, 9.17) is 4.74 Å². The maximum atomic E-state index is 13.6.